The van der Waals surface area contributed by atoms with Gasteiger partial charge in [0.05, 0.1) is 17.4 Å². The van der Waals surface area contributed by atoms with Crippen molar-refractivity contribution < 1.29 is 9.59 Å². The molecule has 4 aromatic rings. The molecule has 0 saturated carbocycles. The molecule has 1 spiro atoms. The molecule has 6 rings (SSSR count). The Bertz CT molecular complexity index is 1360. The first-order chi connectivity index (χ1) is 15.0. The molecule has 0 aliphatic carbocycles. The first kappa shape index (κ1) is 17.9. The summed E-state index contributed by atoms with van der Waals surface area (Å²) in [5.41, 5.74) is 4.30. The number of aromatic nitrogens is 4. The van der Waals surface area contributed by atoms with Crippen molar-refractivity contribution in [3.63, 3.8) is 0 Å². The molecule has 5 heterocycles. The highest BCUT2D eigenvalue weighted by atomic mass is 16.2. The van der Waals surface area contributed by atoms with E-state index in [4.69, 9.17) is 0 Å². The van der Waals surface area contributed by atoms with Gasteiger partial charge in [-0.2, -0.15) is 5.10 Å². The van der Waals surface area contributed by atoms with Gasteiger partial charge in [-0.25, -0.2) is 9.78 Å². The lowest BCUT2D eigenvalue weighted by atomic mass is 9.87. The lowest BCUT2D eigenvalue weighted by molar-refractivity contribution is -0.124. The van der Waals surface area contributed by atoms with Crippen molar-refractivity contribution in [2.24, 2.45) is 7.05 Å². The van der Waals surface area contributed by atoms with E-state index in [1.165, 1.54) is 0 Å². The number of pyridine rings is 1. The van der Waals surface area contributed by atoms with Gasteiger partial charge in [-0.1, -0.05) is 6.07 Å². The Balaban J connectivity index is 1.43. The van der Waals surface area contributed by atoms with Crippen LogP contribution in [0.25, 0.3) is 33.1 Å². The number of H-pyrrole nitrogens is 1. The molecular weight excluding hydrogens is 394 g/mol. The van der Waals surface area contributed by atoms with Crippen molar-refractivity contribution in [2.75, 3.05) is 18.0 Å². The third kappa shape index (κ3) is 2.62. The van der Waals surface area contributed by atoms with Crippen LogP contribution in [0, 0.1) is 0 Å². The summed E-state index contributed by atoms with van der Waals surface area (Å²) in [6.45, 7) is 1.31. The smallest absolute Gasteiger partial charge is 0.322 e. The van der Waals surface area contributed by atoms with Crippen molar-refractivity contribution in [3.8, 4) is 11.1 Å². The van der Waals surface area contributed by atoms with Gasteiger partial charge in [0.2, 0.25) is 0 Å². The highest BCUT2D eigenvalue weighted by molar-refractivity contribution is 6.07. The number of carbonyl (C=O) groups excluding carboxylic acids is 2. The number of aryl methyl sites for hydroxylation is 1. The fraction of sp³-hybridized carbons (Fsp3) is 0.273. The lowest BCUT2D eigenvalue weighted by Crippen LogP contribution is -2.55. The SMILES string of the molecule is Cn1ncc2cc(-c3cnc4[nH]ccc4c3N3CCC4(CC3)NC(=O)NC4=O)ccc21. The number of benzene rings is 1. The summed E-state index contributed by atoms with van der Waals surface area (Å²) < 4.78 is 1.86. The van der Waals surface area contributed by atoms with E-state index >= 15 is 0 Å². The number of nitrogens with one attached hydrogen (secondary N) is 3. The standard InChI is InChI=1S/C22H21N7O2/c1-28-17-3-2-13(10-14(17)11-25-28)16-12-24-19-15(4-7-23-19)18(16)29-8-5-22(6-9-29)20(30)26-21(31)27-22/h2-4,7,10-12H,5-6,8-9H2,1H3,(H,23,24)(H2,26,27,30,31). The number of aromatic amines is 1. The average molecular weight is 415 g/mol. The normalized spacial score (nSPS) is 18.2. The molecular formula is C22H21N7O2. The number of hydrogen-bond donors (Lipinski definition) is 3. The lowest BCUT2D eigenvalue weighted by Gasteiger charge is -2.39. The summed E-state index contributed by atoms with van der Waals surface area (Å²) in [5, 5.41) is 11.7. The fourth-order valence-corrected chi connectivity index (χ4v) is 4.87. The van der Waals surface area contributed by atoms with Crippen molar-refractivity contribution in [2.45, 2.75) is 18.4 Å². The summed E-state index contributed by atoms with van der Waals surface area (Å²) in [7, 11) is 1.93. The zero-order valence-electron chi connectivity index (χ0n) is 17.0. The predicted octanol–water partition coefficient (Wildman–Crippen LogP) is 2.29. The van der Waals surface area contributed by atoms with Crippen LogP contribution in [-0.4, -0.2) is 50.3 Å². The van der Waals surface area contributed by atoms with Gasteiger partial charge in [0.15, 0.2) is 0 Å². The van der Waals surface area contributed by atoms with E-state index in [0.29, 0.717) is 25.9 Å². The number of rotatable bonds is 2. The Kier molecular flexibility index (Phi) is 3.65. The third-order valence-electron chi connectivity index (χ3n) is 6.56. The summed E-state index contributed by atoms with van der Waals surface area (Å²) in [5.74, 6) is -0.221. The predicted molar refractivity (Wildman–Crippen MR) is 117 cm³/mol. The Morgan fingerprint density at radius 3 is 2.71 bits per heavy atom. The Morgan fingerprint density at radius 2 is 1.94 bits per heavy atom. The maximum absolute atomic E-state index is 12.4. The second kappa shape index (κ2) is 6.31. The molecule has 0 bridgehead atoms. The first-order valence-electron chi connectivity index (χ1n) is 10.3. The Labute approximate surface area is 177 Å². The minimum absolute atomic E-state index is 0.221. The highest BCUT2D eigenvalue weighted by Gasteiger charge is 2.48. The number of hydrogen-bond acceptors (Lipinski definition) is 5. The van der Waals surface area contributed by atoms with Gasteiger partial charge in [-0.3, -0.25) is 14.8 Å². The van der Waals surface area contributed by atoms with E-state index in [1.54, 1.807) is 0 Å². The molecule has 1 aromatic carbocycles. The van der Waals surface area contributed by atoms with Crippen LogP contribution in [0.2, 0.25) is 0 Å². The highest BCUT2D eigenvalue weighted by Crippen LogP contribution is 2.39. The van der Waals surface area contributed by atoms with Crippen molar-refractivity contribution >= 4 is 39.6 Å². The number of amides is 3. The van der Waals surface area contributed by atoms with Crippen molar-refractivity contribution in [1.29, 1.82) is 0 Å². The maximum Gasteiger partial charge on any atom is 0.322 e. The number of fused-ring (bicyclic) bond motifs is 2. The molecule has 0 radical (unpaired) electrons. The summed E-state index contributed by atoms with van der Waals surface area (Å²) >= 11 is 0. The number of anilines is 1. The minimum atomic E-state index is -0.799. The molecule has 3 aromatic heterocycles. The van der Waals surface area contributed by atoms with E-state index in [2.05, 4.69) is 48.8 Å². The molecule has 2 aliphatic heterocycles. The molecule has 0 unspecified atom stereocenters. The zero-order valence-corrected chi connectivity index (χ0v) is 17.0. The van der Waals surface area contributed by atoms with Gasteiger partial charge in [0.25, 0.3) is 5.91 Å². The molecule has 2 saturated heterocycles. The fourth-order valence-electron chi connectivity index (χ4n) is 4.87. The third-order valence-corrected chi connectivity index (χ3v) is 6.56. The summed E-state index contributed by atoms with van der Waals surface area (Å²) in [4.78, 5) is 34.2. The Morgan fingerprint density at radius 1 is 1.10 bits per heavy atom. The van der Waals surface area contributed by atoms with Crippen LogP contribution in [0.1, 0.15) is 12.8 Å². The maximum atomic E-state index is 12.4. The quantitative estimate of drug-likeness (QED) is 0.436. The Hall–Kier alpha value is -3.88. The topological polar surface area (TPSA) is 108 Å². The van der Waals surface area contributed by atoms with E-state index in [-0.39, 0.29) is 5.91 Å². The molecule has 156 valence electrons. The number of urea groups is 1. The molecule has 31 heavy (non-hydrogen) atoms. The molecule has 2 fully saturated rings. The number of nitrogens with zero attached hydrogens (tertiary/aromatic N) is 4. The molecule has 9 nitrogen and oxygen atoms in total. The van der Waals surface area contributed by atoms with Crippen LogP contribution in [0.3, 0.4) is 0 Å². The van der Waals surface area contributed by atoms with Crippen LogP contribution in [0.15, 0.2) is 42.9 Å². The second-order valence-corrected chi connectivity index (χ2v) is 8.28. The number of piperidine rings is 1. The molecule has 2 aliphatic rings. The summed E-state index contributed by atoms with van der Waals surface area (Å²) in [6, 6.07) is 7.95. The zero-order chi connectivity index (χ0) is 21.2. The van der Waals surface area contributed by atoms with E-state index < -0.39 is 11.6 Å². The average Bonchev–Trinajstić information content (AvgIpc) is 3.46. The van der Waals surface area contributed by atoms with Gasteiger partial charge in [0, 0.05) is 48.9 Å². The molecule has 9 heteroatoms. The van der Waals surface area contributed by atoms with Crippen LogP contribution in [-0.2, 0) is 11.8 Å². The molecule has 3 N–H and O–H groups in total. The summed E-state index contributed by atoms with van der Waals surface area (Å²) in [6.07, 6.45) is 6.78. The van der Waals surface area contributed by atoms with Crippen LogP contribution >= 0.6 is 0 Å². The van der Waals surface area contributed by atoms with Crippen molar-refractivity contribution in [3.05, 3.63) is 42.9 Å². The van der Waals surface area contributed by atoms with E-state index in [9.17, 15) is 9.59 Å². The molecule has 3 amide bonds. The van der Waals surface area contributed by atoms with Crippen LogP contribution in [0.5, 0.6) is 0 Å². The van der Waals surface area contributed by atoms with Crippen molar-refractivity contribution in [1.82, 2.24) is 30.4 Å². The van der Waals surface area contributed by atoms with Crippen LogP contribution in [0.4, 0.5) is 10.5 Å². The van der Waals surface area contributed by atoms with Gasteiger partial charge >= 0.3 is 6.03 Å². The first-order valence-corrected chi connectivity index (χ1v) is 10.3. The monoisotopic (exact) mass is 415 g/mol. The minimum Gasteiger partial charge on any atom is -0.370 e. The van der Waals surface area contributed by atoms with Gasteiger partial charge in [0.1, 0.15) is 11.2 Å². The van der Waals surface area contributed by atoms with Gasteiger partial charge < -0.3 is 15.2 Å². The number of carbonyl (C=O) groups is 2. The number of imide groups is 1. The van der Waals surface area contributed by atoms with Gasteiger partial charge in [-0.15, -0.1) is 0 Å². The van der Waals surface area contributed by atoms with Gasteiger partial charge in [-0.05, 0) is 36.6 Å². The van der Waals surface area contributed by atoms with E-state index in [1.807, 2.05) is 36.4 Å². The van der Waals surface area contributed by atoms with E-state index in [0.717, 1.165) is 38.8 Å². The molecule has 0 atom stereocenters. The largest absolute Gasteiger partial charge is 0.370 e. The van der Waals surface area contributed by atoms with Crippen LogP contribution < -0.4 is 15.5 Å². The second-order valence-electron chi connectivity index (χ2n) is 8.28.